The monoisotopic (exact) mass is 412 g/mol. The number of aromatic nitrogens is 1. The number of H-pyrrole nitrogens is 1. The van der Waals surface area contributed by atoms with Crippen LogP contribution in [-0.4, -0.2) is 23.3 Å². The third kappa shape index (κ3) is 3.76. The summed E-state index contributed by atoms with van der Waals surface area (Å²) in [4.78, 5) is 19.5. The lowest BCUT2D eigenvalue weighted by Gasteiger charge is -2.36. The minimum absolute atomic E-state index is 0.0478. The van der Waals surface area contributed by atoms with Gasteiger partial charge in [-0.1, -0.05) is 42.5 Å². The first-order valence-electron chi connectivity index (χ1n) is 10.3. The lowest BCUT2D eigenvalue weighted by molar-refractivity contribution is 0.100. The van der Waals surface area contributed by atoms with E-state index in [0.717, 1.165) is 35.1 Å². The zero-order valence-electron chi connectivity index (χ0n) is 16.9. The van der Waals surface area contributed by atoms with E-state index in [2.05, 4.69) is 38.1 Å². The fraction of sp³-hybridized carbons (Fsp3) is 0.167. The minimum Gasteiger partial charge on any atom is -0.366 e. The Kier molecular flexibility index (Phi) is 5.11. The average molecular weight is 412 g/mol. The average Bonchev–Trinajstić information content (AvgIpc) is 3.08. The van der Waals surface area contributed by atoms with Gasteiger partial charge in [-0.15, -0.1) is 0 Å². The van der Waals surface area contributed by atoms with Crippen molar-refractivity contribution < 1.29 is 4.79 Å². The van der Waals surface area contributed by atoms with Crippen molar-refractivity contribution in [2.75, 3.05) is 0 Å². The molecule has 0 spiro atoms. The number of carbonyl (C=O) groups excluding carboxylic acids is 1. The van der Waals surface area contributed by atoms with Crippen molar-refractivity contribution in [2.45, 2.75) is 25.3 Å². The quantitative estimate of drug-likeness (QED) is 0.444. The molecule has 3 heterocycles. The number of aliphatic imine (C=N–C) groups is 1. The minimum atomic E-state index is -0.433. The molecule has 2 aliphatic heterocycles. The molecular formula is C24H24N6O. The maximum Gasteiger partial charge on any atom is 0.249 e. The van der Waals surface area contributed by atoms with E-state index < -0.39 is 5.91 Å². The summed E-state index contributed by atoms with van der Waals surface area (Å²) in [6.45, 7) is 0.736. The standard InChI is InChI=1S/C24H24N6O/c25-22(31)17-8-4-7-16-19(17)14-27-21(16)24-29-20-10-12-26-11-9-18(20)23(30-24)28-13-15-5-2-1-3-6-15/h1-8,10-12,14,23-24,27-30H,9,13H2,(H2,25,31). The number of benzene rings is 2. The molecule has 1 aromatic heterocycles. The third-order valence-electron chi connectivity index (χ3n) is 5.75. The zero-order valence-corrected chi connectivity index (χ0v) is 16.9. The number of primary amides is 1. The largest absolute Gasteiger partial charge is 0.366 e. The Bertz CT molecular complexity index is 1210. The molecule has 2 unspecified atom stereocenters. The Morgan fingerprint density at radius 3 is 2.84 bits per heavy atom. The molecule has 156 valence electrons. The Morgan fingerprint density at radius 2 is 2.00 bits per heavy atom. The van der Waals surface area contributed by atoms with E-state index in [1.807, 2.05) is 55.0 Å². The number of fused-ring (bicyclic) bond motifs is 1. The first kappa shape index (κ1) is 19.3. The van der Waals surface area contributed by atoms with Gasteiger partial charge >= 0.3 is 0 Å². The number of amides is 1. The molecule has 0 radical (unpaired) electrons. The summed E-state index contributed by atoms with van der Waals surface area (Å²) in [5, 5.41) is 12.7. The van der Waals surface area contributed by atoms with Crippen LogP contribution in [0.1, 0.15) is 34.2 Å². The van der Waals surface area contributed by atoms with E-state index in [4.69, 9.17) is 5.73 Å². The van der Waals surface area contributed by atoms with Gasteiger partial charge in [0.1, 0.15) is 6.17 Å². The first-order valence-corrected chi connectivity index (χ1v) is 10.3. The number of nitrogens with two attached hydrogens (primary N) is 1. The van der Waals surface area contributed by atoms with Gasteiger partial charge in [0.15, 0.2) is 0 Å². The Balaban J connectivity index is 1.48. The molecule has 2 aromatic carbocycles. The van der Waals surface area contributed by atoms with Crippen LogP contribution in [0.5, 0.6) is 0 Å². The number of allylic oxidation sites excluding steroid dienone is 1. The number of nitrogens with one attached hydrogen (secondary N) is 4. The molecule has 0 saturated carbocycles. The van der Waals surface area contributed by atoms with Crippen molar-refractivity contribution in [1.29, 1.82) is 0 Å². The Morgan fingerprint density at radius 1 is 1.13 bits per heavy atom. The van der Waals surface area contributed by atoms with Crippen molar-refractivity contribution in [2.24, 2.45) is 10.7 Å². The van der Waals surface area contributed by atoms with Gasteiger partial charge in [0.2, 0.25) is 5.91 Å². The van der Waals surface area contributed by atoms with E-state index in [9.17, 15) is 4.79 Å². The fourth-order valence-corrected chi connectivity index (χ4v) is 4.22. The molecular weight excluding hydrogens is 388 g/mol. The highest BCUT2D eigenvalue weighted by atomic mass is 16.1. The van der Waals surface area contributed by atoms with Crippen LogP contribution in [0.2, 0.25) is 0 Å². The van der Waals surface area contributed by atoms with Gasteiger partial charge in [0.25, 0.3) is 0 Å². The number of rotatable bonds is 5. The van der Waals surface area contributed by atoms with Crippen LogP contribution >= 0.6 is 0 Å². The summed E-state index contributed by atoms with van der Waals surface area (Å²) >= 11 is 0. The van der Waals surface area contributed by atoms with Crippen LogP contribution in [0.3, 0.4) is 0 Å². The second kappa shape index (κ2) is 8.22. The van der Waals surface area contributed by atoms with Crippen molar-refractivity contribution in [3.8, 4) is 0 Å². The maximum absolute atomic E-state index is 11.8. The van der Waals surface area contributed by atoms with Gasteiger partial charge in [-0.05, 0) is 23.3 Å². The van der Waals surface area contributed by atoms with Gasteiger partial charge in [0.05, 0.1) is 11.9 Å². The topological polar surface area (TPSA) is 107 Å². The number of aromatic amines is 1. The van der Waals surface area contributed by atoms with Crippen LogP contribution in [0.15, 0.2) is 83.3 Å². The molecule has 7 nitrogen and oxygen atoms in total. The zero-order chi connectivity index (χ0) is 21.2. The van der Waals surface area contributed by atoms with Crippen LogP contribution in [0.4, 0.5) is 0 Å². The van der Waals surface area contributed by atoms with Gasteiger partial charge in [-0.3, -0.25) is 20.4 Å². The van der Waals surface area contributed by atoms with Crippen molar-refractivity contribution in [3.63, 3.8) is 0 Å². The summed E-state index contributed by atoms with van der Waals surface area (Å²) in [5.41, 5.74) is 10.5. The summed E-state index contributed by atoms with van der Waals surface area (Å²) < 4.78 is 0. The SMILES string of the molecule is NC(=O)c1cccc2c(C3NC4=C(CC=NC=C4)C(NCc4ccccc4)N3)[nH]cc12. The van der Waals surface area contributed by atoms with E-state index in [1.54, 1.807) is 6.07 Å². The predicted molar refractivity (Wildman–Crippen MR) is 122 cm³/mol. The van der Waals surface area contributed by atoms with Crippen LogP contribution in [0, 0.1) is 0 Å². The Labute approximate surface area is 180 Å². The molecule has 6 N–H and O–H groups in total. The summed E-state index contributed by atoms with van der Waals surface area (Å²) in [7, 11) is 0. The molecule has 2 atom stereocenters. The molecule has 31 heavy (non-hydrogen) atoms. The van der Waals surface area contributed by atoms with E-state index >= 15 is 0 Å². The molecule has 7 heteroatoms. The van der Waals surface area contributed by atoms with Crippen molar-refractivity contribution >= 4 is 22.9 Å². The number of carbonyl (C=O) groups is 1. The fourth-order valence-electron chi connectivity index (χ4n) is 4.22. The highest BCUT2D eigenvalue weighted by molar-refractivity contribution is 6.07. The van der Waals surface area contributed by atoms with E-state index in [0.29, 0.717) is 5.56 Å². The second-order valence-electron chi connectivity index (χ2n) is 7.67. The van der Waals surface area contributed by atoms with Gasteiger partial charge in [-0.2, -0.15) is 0 Å². The summed E-state index contributed by atoms with van der Waals surface area (Å²) in [6.07, 6.45) is 8.09. The highest BCUT2D eigenvalue weighted by Crippen LogP contribution is 2.30. The Hall–Kier alpha value is -3.68. The molecule has 5 rings (SSSR count). The predicted octanol–water partition coefficient (Wildman–Crippen LogP) is 2.82. The molecule has 0 aliphatic carbocycles. The number of hydrogen-bond acceptors (Lipinski definition) is 5. The summed E-state index contributed by atoms with van der Waals surface area (Å²) in [6, 6.07) is 15.9. The first-order chi connectivity index (χ1) is 15.2. The lowest BCUT2D eigenvalue weighted by atomic mass is 10.0. The number of hydrogen-bond donors (Lipinski definition) is 5. The molecule has 1 amide bonds. The van der Waals surface area contributed by atoms with Crippen LogP contribution < -0.4 is 21.7 Å². The van der Waals surface area contributed by atoms with Crippen molar-refractivity contribution in [1.82, 2.24) is 20.9 Å². The van der Waals surface area contributed by atoms with Crippen LogP contribution in [0.25, 0.3) is 10.8 Å². The van der Waals surface area contributed by atoms with E-state index in [-0.39, 0.29) is 12.3 Å². The smallest absolute Gasteiger partial charge is 0.249 e. The van der Waals surface area contributed by atoms with Gasteiger partial charge in [0, 0.05) is 53.6 Å². The molecule has 0 fully saturated rings. The highest BCUT2D eigenvalue weighted by Gasteiger charge is 2.29. The number of nitrogens with zero attached hydrogens (tertiary/aromatic N) is 1. The van der Waals surface area contributed by atoms with Gasteiger partial charge < -0.3 is 16.0 Å². The van der Waals surface area contributed by atoms with Crippen molar-refractivity contribution in [3.05, 3.63) is 95.1 Å². The van der Waals surface area contributed by atoms with Gasteiger partial charge in [-0.25, -0.2) is 0 Å². The molecule has 2 aliphatic rings. The molecule has 3 aromatic rings. The van der Waals surface area contributed by atoms with E-state index in [1.165, 1.54) is 11.1 Å². The molecule has 0 bridgehead atoms. The summed E-state index contributed by atoms with van der Waals surface area (Å²) in [5.74, 6) is -0.433. The molecule has 0 saturated heterocycles. The maximum atomic E-state index is 11.8. The lowest BCUT2D eigenvalue weighted by Crippen LogP contribution is -2.53. The van der Waals surface area contributed by atoms with Crippen LogP contribution in [-0.2, 0) is 6.54 Å². The normalized spacial score (nSPS) is 20.4. The third-order valence-corrected chi connectivity index (χ3v) is 5.75. The second-order valence-corrected chi connectivity index (χ2v) is 7.67.